The largest absolute Gasteiger partial charge is 0.333 e. The van der Waals surface area contributed by atoms with Crippen molar-refractivity contribution in [3.05, 3.63) is 169 Å². The van der Waals surface area contributed by atoms with Crippen molar-refractivity contribution in [3.8, 4) is 11.4 Å². The Kier molecular flexibility index (Phi) is 5.11. The van der Waals surface area contributed by atoms with Crippen LogP contribution < -0.4 is 4.90 Å². The third-order valence-corrected chi connectivity index (χ3v) is 9.82. The van der Waals surface area contributed by atoms with Gasteiger partial charge in [-0.05, 0) is 72.3 Å². The van der Waals surface area contributed by atoms with Gasteiger partial charge in [0.1, 0.15) is 0 Å². The first-order chi connectivity index (χ1) is 22.4. The van der Waals surface area contributed by atoms with Gasteiger partial charge < -0.3 is 14.0 Å². The number of hydrogen-bond donors (Lipinski definition) is 0. The fraction of sp³-hybridized carbons (Fsp3) is 0.0476. The maximum atomic E-state index is 2.52. The van der Waals surface area contributed by atoms with Gasteiger partial charge in [0.15, 0.2) is 0 Å². The van der Waals surface area contributed by atoms with E-state index in [1.165, 1.54) is 71.9 Å². The number of rotatable bonds is 3. The van der Waals surface area contributed by atoms with Gasteiger partial charge in [0.25, 0.3) is 0 Å². The topological polar surface area (TPSA) is 13.1 Å². The molecule has 2 atom stereocenters. The lowest BCUT2D eigenvalue weighted by Gasteiger charge is -2.28. The Hall–Kier alpha value is -5.80. The van der Waals surface area contributed by atoms with Crippen LogP contribution in [0.15, 0.2) is 164 Å². The first-order valence-electron chi connectivity index (χ1n) is 15.7. The summed E-state index contributed by atoms with van der Waals surface area (Å²) < 4.78 is 4.86. The molecule has 0 fully saturated rings. The van der Waals surface area contributed by atoms with Gasteiger partial charge in [0.05, 0.1) is 28.1 Å². The van der Waals surface area contributed by atoms with Gasteiger partial charge in [-0.1, -0.05) is 97.1 Å². The Labute approximate surface area is 261 Å². The maximum absolute atomic E-state index is 2.52. The summed E-state index contributed by atoms with van der Waals surface area (Å²) in [6.07, 6.45) is 9.17. The predicted octanol–water partition coefficient (Wildman–Crippen LogP) is 10.6. The first-order valence-corrected chi connectivity index (χ1v) is 15.7. The number of para-hydroxylation sites is 4. The number of allylic oxidation sites excluding steroid dienone is 2. The van der Waals surface area contributed by atoms with Crippen molar-refractivity contribution >= 4 is 55.0 Å². The van der Waals surface area contributed by atoms with E-state index in [2.05, 4.69) is 178 Å². The summed E-state index contributed by atoms with van der Waals surface area (Å²) in [7, 11) is 0. The molecule has 2 aromatic heterocycles. The van der Waals surface area contributed by atoms with Crippen molar-refractivity contribution < 1.29 is 0 Å². The smallest absolute Gasteiger partial charge is 0.0629 e. The van der Waals surface area contributed by atoms with Gasteiger partial charge in [-0.3, -0.25) is 0 Å². The second-order valence-electron chi connectivity index (χ2n) is 12.1. The molecule has 0 amide bonds. The van der Waals surface area contributed by atoms with Crippen molar-refractivity contribution in [3.63, 3.8) is 0 Å². The van der Waals surface area contributed by atoms with E-state index >= 15 is 0 Å². The molecule has 0 saturated heterocycles. The number of benzene rings is 6. The Morgan fingerprint density at radius 3 is 1.82 bits per heavy atom. The highest BCUT2D eigenvalue weighted by Crippen LogP contribution is 2.52. The van der Waals surface area contributed by atoms with Gasteiger partial charge in [0, 0.05) is 50.2 Å². The van der Waals surface area contributed by atoms with Crippen LogP contribution in [0.4, 0.5) is 11.4 Å². The van der Waals surface area contributed by atoms with E-state index < -0.39 is 0 Å². The summed E-state index contributed by atoms with van der Waals surface area (Å²) >= 11 is 0. The molecule has 0 radical (unpaired) electrons. The molecule has 212 valence electrons. The average molecular weight is 576 g/mol. The van der Waals surface area contributed by atoms with Crippen molar-refractivity contribution in [1.29, 1.82) is 0 Å². The van der Waals surface area contributed by atoms with Crippen molar-refractivity contribution in [2.24, 2.45) is 0 Å². The molecule has 45 heavy (non-hydrogen) atoms. The van der Waals surface area contributed by atoms with Crippen molar-refractivity contribution in [2.45, 2.75) is 12.0 Å². The zero-order valence-corrected chi connectivity index (χ0v) is 24.6. The molecule has 0 N–H and O–H groups in total. The molecular formula is C42H29N3. The Bertz CT molecular complexity index is 2500. The fourth-order valence-electron chi connectivity index (χ4n) is 8.03. The molecule has 2 aliphatic rings. The zero-order valence-electron chi connectivity index (χ0n) is 24.6. The van der Waals surface area contributed by atoms with Crippen LogP contribution in [0.5, 0.6) is 0 Å². The summed E-state index contributed by atoms with van der Waals surface area (Å²) in [4.78, 5) is 2.52. The molecule has 0 spiro atoms. The summed E-state index contributed by atoms with van der Waals surface area (Å²) in [5.74, 6) is 0.277. The van der Waals surface area contributed by atoms with Crippen LogP contribution in [0.1, 0.15) is 11.5 Å². The van der Waals surface area contributed by atoms with E-state index in [1.807, 2.05) is 0 Å². The molecule has 1 aliphatic carbocycles. The minimum Gasteiger partial charge on any atom is -0.333 e. The van der Waals surface area contributed by atoms with Crippen LogP contribution in [0, 0.1) is 0 Å². The third-order valence-electron chi connectivity index (χ3n) is 9.82. The summed E-state index contributed by atoms with van der Waals surface area (Å²) in [5.41, 5.74) is 11.2. The lowest BCUT2D eigenvalue weighted by atomic mass is 9.88. The lowest BCUT2D eigenvalue weighted by Crippen LogP contribution is -2.28. The Balaban J connectivity index is 1.26. The summed E-state index contributed by atoms with van der Waals surface area (Å²) in [6, 6.07) is 51.1. The Morgan fingerprint density at radius 1 is 0.422 bits per heavy atom. The molecule has 8 aromatic rings. The van der Waals surface area contributed by atoms with Gasteiger partial charge in [-0.25, -0.2) is 0 Å². The van der Waals surface area contributed by atoms with Crippen LogP contribution in [-0.2, 0) is 0 Å². The number of anilines is 2. The summed E-state index contributed by atoms with van der Waals surface area (Å²) in [5, 5.41) is 5.17. The highest BCUT2D eigenvalue weighted by atomic mass is 15.2. The fourth-order valence-corrected chi connectivity index (χ4v) is 8.03. The van der Waals surface area contributed by atoms with E-state index in [0.29, 0.717) is 0 Å². The van der Waals surface area contributed by atoms with Crippen LogP contribution >= 0.6 is 0 Å². The molecule has 1 aliphatic heterocycles. The number of fused-ring (bicyclic) bond motifs is 10. The number of nitrogens with zero attached hydrogens (tertiary/aromatic N) is 3. The molecule has 3 heterocycles. The molecule has 0 bridgehead atoms. The lowest BCUT2D eigenvalue weighted by molar-refractivity contribution is 0.747. The third kappa shape index (κ3) is 3.41. The standard InChI is InChI=1S/C42H29N3/c1-3-13-28(14-4-1)43-35-20-10-7-17-31(35)34-27-30(23-24-38(34)43)45-37-22-12-9-19-33(37)42-40(45)26-25-39-41(42)32-18-8-11-21-36(32)44(39)29-15-5-2-6-16-29/h1-27,32,36H. The second-order valence-corrected chi connectivity index (χ2v) is 12.1. The minimum atomic E-state index is 0.251. The molecular weight excluding hydrogens is 546 g/mol. The molecule has 3 heteroatoms. The highest BCUT2D eigenvalue weighted by molar-refractivity contribution is 6.15. The van der Waals surface area contributed by atoms with Crippen molar-refractivity contribution in [2.75, 3.05) is 4.90 Å². The second kappa shape index (κ2) is 9.35. The monoisotopic (exact) mass is 575 g/mol. The zero-order chi connectivity index (χ0) is 29.5. The van der Waals surface area contributed by atoms with E-state index in [1.54, 1.807) is 0 Å². The van der Waals surface area contributed by atoms with Gasteiger partial charge in [0.2, 0.25) is 0 Å². The molecule has 10 rings (SSSR count). The normalized spacial score (nSPS) is 17.1. The number of hydrogen-bond acceptors (Lipinski definition) is 1. The van der Waals surface area contributed by atoms with E-state index in [9.17, 15) is 0 Å². The van der Waals surface area contributed by atoms with Crippen LogP contribution in [-0.4, -0.2) is 15.2 Å². The minimum absolute atomic E-state index is 0.251. The van der Waals surface area contributed by atoms with Crippen LogP contribution in [0.2, 0.25) is 0 Å². The van der Waals surface area contributed by atoms with E-state index in [-0.39, 0.29) is 12.0 Å². The molecule has 0 saturated carbocycles. The van der Waals surface area contributed by atoms with Gasteiger partial charge in [-0.15, -0.1) is 0 Å². The van der Waals surface area contributed by atoms with Gasteiger partial charge >= 0.3 is 0 Å². The molecule has 3 nitrogen and oxygen atoms in total. The van der Waals surface area contributed by atoms with E-state index in [0.717, 1.165) is 0 Å². The maximum Gasteiger partial charge on any atom is 0.0629 e. The average Bonchev–Trinajstić information content (AvgIpc) is 3.74. The number of aromatic nitrogens is 2. The SMILES string of the molecule is C1=CC2c3c(ccc4c3c3ccccc3n4-c3ccc4c(c3)c3ccccc3n4-c3ccccc3)N(c3ccccc3)C2C=C1. The van der Waals surface area contributed by atoms with Crippen LogP contribution in [0.25, 0.3) is 55.0 Å². The van der Waals surface area contributed by atoms with E-state index in [4.69, 9.17) is 0 Å². The van der Waals surface area contributed by atoms with Gasteiger partial charge in [-0.2, -0.15) is 0 Å². The quantitative estimate of drug-likeness (QED) is 0.204. The Morgan fingerprint density at radius 2 is 1.02 bits per heavy atom. The van der Waals surface area contributed by atoms with Crippen molar-refractivity contribution in [1.82, 2.24) is 9.13 Å². The highest BCUT2D eigenvalue weighted by Gasteiger charge is 2.39. The molecule has 6 aromatic carbocycles. The van der Waals surface area contributed by atoms with Crippen LogP contribution in [0.3, 0.4) is 0 Å². The molecule has 2 unspecified atom stereocenters. The first kappa shape index (κ1) is 24.6. The summed E-state index contributed by atoms with van der Waals surface area (Å²) in [6.45, 7) is 0. The predicted molar refractivity (Wildman–Crippen MR) is 189 cm³/mol.